The third-order valence-corrected chi connectivity index (χ3v) is 4.02. The molecule has 0 fully saturated rings. The molecule has 22 heavy (non-hydrogen) atoms. The van der Waals surface area contributed by atoms with Gasteiger partial charge >= 0.3 is 5.76 Å². The summed E-state index contributed by atoms with van der Waals surface area (Å²) in [6.07, 6.45) is 1.94. The number of fused-ring (bicyclic) bond motifs is 2. The molecular weight excluding hydrogens is 280 g/mol. The molecule has 1 aliphatic rings. The van der Waals surface area contributed by atoms with E-state index in [1.165, 1.54) is 5.56 Å². The largest absolute Gasteiger partial charge is 0.417 e. The fourth-order valence-corrected chi connectivity index (χ4v) is 2.98. The number of hydrogen-bond donors (Lipinski definition) is 1. The molecule has 1 amide bonds. The maximum Gasteiger partial charge on any atom is 0.417 e. The molecule has 0 bridgehead atoms. The Morgan fingerprint density at radius 2 is 2.05 bits per heavy atom. The van der Waals surface area contributed by atoms with Gasteiger partial charge in [0.1, 0.15) is 0 Å². The van der Waals surface area contributed by atoms with Gasteiger partial charge in [0.2, 0.25) is 0 Å². The first kappa shape index (κ1) is 12.9. The molecule has 0 aliphatic carbocycles. The standard InChI is InChI=1S/C17H14N2O3/c20-16(12-7-8-13-15(10-12)22-17(21)18-13)19-9-3-5-11-4-1-2-6-14(11)19/h1-2,4,6-8,10H,3,5,9H2,(H,18,21). The molecule has 2 aromatic carbocycles. The molecule has 0 saturated carbocycles. The Labute approximate surface area is 126 Å². The Balaban J connectivity index is 1.76. The lowest BCUT2D eigenvalue weighted by atomic mass is 10.0. The Hall–Kier alpha value is -2.82. The second-order valence-corrected chi connectivity index (χ2v) is 5.41. The van der Waals surface area contributed by atoms with Crippen molar-refractivity contribution >= 4 is 22.7 Å². The van der Waals surface area contributed by atoms with Crippen LogP contribution in [0.5, 0.6) is 0 Å². The molecule has 0 atom stereocenters. The number of anilines is 1. The van der Waals surface area contributed by atoms with Crippen molar-refractivity contribution < 1.29 is 9.21 Å². The minimum Gasteiger partial charge on any atom is -0.408 e. The highest BCUT2D eigenvalue weighted by Gasteiger charge is 2.23. The van der Waals surface area contributed by atoms with Gasteiger partial charge in [0.05, 0.1) is 5.52 Å². The molecule has 5 nitrogen and oxygen atoms in total. The van der Waals surface area contributed by atoms with Crippen molar-refractivity contribution in [2.75, 3.05) is 11.4 Å². The number of rotatable bonds is 1. The molecule has 4 rings (SSSR count). The van der Waals surface area contributed by atoms with Crippen molar-refractivity contribution in [3.8, 4) is 0 Å². The van der Waals surface area contributed by atoms with Crippen molar-refractivity contribution in [2.45, 2.75) is 12.8 Å². The van der Waals surface area contributed by atoms with Crippen molar-refractivity contribution in [3.63, 3.8) is 0 Å². The number of aryl methyl sites for hydroxylation is 1. The summed E-state index contributed by atoms with van der Waals surface area (Å²) in [5, 5.41) is 0. The number of amides is 1. The van der Waals surface area contributed by atoms with Gasteiger partial charge in [0, 0.05) is 17.8 Å². The van der Waals surface area contributed by atoms with Crippen LogP contribution in [0.4, 0.5) is 5.69 Å². The summed E-state index contributed by atoms with van der Waals surface area (Å²) < 4.78 is 5.03. The number of aromatic nitrogens is 1. The Morgan fingerprint density at radius 1 is 1.18 bits per heavy atom. The topological polar surface area (TPSA) is 66.3 Å². The van der Waals surface area contributed by atoms with Crippen LogP contribution < -0.4 is 10.7 Å². The quantitative estimate of drug-likeness (QED) is 0.750. The van der Waals surface area contributed by atoms with Crippen LogP contribution in [0.1, 0.15) is 22.3 Å². The van der Waals surface area contributed by atoms with E-state index in [2.05, 4.69) is 11.1 Å². The summed E-state index contributed by atoms with van der Waals surface area (Å²) in [5.41, 5.74) is 3.68. The predicted octanol–water partition coefficient (Wildman–Crippen LogP) is 2.71. The van der Waals surface area contributed by atoms with Gasteiger partial charge in [-0.1, -0.05) is 18.2 Å². The number of carbonyl (C=O) groups is 1. The average Bonchev–Trinajstić information content (AvgIpc) is 2.92. The number of benzene rings is 2. The molecule has 1 aliphatic heterocycles. The van der Waals surface area contributed by atoms with Gasteiger partial charge in [-0.25, -0.2) is 4.79 Å². The predicted molar refractivity (Wildman–Crippen MR) is 83.3 cm³/mol. The van der Waals surface area contributed by atoms with Crippen LogP contribution in [0.25, 0.3) is 11.1 Å². The SMILES string of the molecule is O=C(c1ccc2[nH]c(=O)oc2c1)N1CCCc2ccccc21. The molecule has 110 valence electrons. The Morgan fingerprint density at radius 3 is 2.95 bits per heavy atom. The highest BCUT2D eigenvalue weighted by Crippen LogP contribution is 2.28. The van der Waals surface area contributed by atoms with Crippen LogP contribution in [-0.2, 0) is 6.42 Å². The summed E-state index contributed by atoms with van der Waals surface area (Å²) >= 11 is 0. The fourth-order valence-electron chi connectivity index (χ4n) is 2.98. The number of nitrogens with one attached hydrogen (secondary N) is 1. The van der Waals surface area contributed by atoms with E-state index in [1.807, 2.05) is 18.2 Å². The first-order chi connectivity index (χ1) is 10.7. The maximum atomic E-state index is 12.8. The molecule has 0 unspecified atom stereocenters. The first-order valence-corrected chi connectivity index (χ1v) is 7.25. The van der Waals surface area contributed by atoms with Crippen LogP contribution in [0.2, 0.25) is 0 Å². The zero-order valence-corrected chi connectivity index (χ0v) is 11.8. The lowest BCUT2D eigenvalue weighted by Crippen LogP contribution is -2.35. The molecule has 0 spiro atoms. The van der Waals surface area contributed by atoms with Crippen molar-refractivity contribution in [3.05, 3.63) is 64.1 Å². The van der Waals surface area contributed by atoms with Crippen molar-refractivity contribution in [1.29, 1.82) is 0 Å². The summed E-state index contributed by atoms with van der Waals surface area (Å²) in [6.45, 7) is 0.699. The van der Waals surface area contributed by atoms with E-state index >= 15 is 0 Å². The van der Waals surface area contributed by atoms with Crippen molar-refractivity contribution in [1.82, 2.24) is 4.98 Å². The van der Waals surface area contributed by atoms with E-state index in [9.17, 15) is 9.59 Å². The maximum absolute atomic E-state index is 12.8. The molecule has 1 N–H and O–H groups in total. The number of hydrogen-bond acceptors (Lipinski definition) is 3. The third-order valence-electron chi connectivity index (χ3n) is 4.02. The highest BCUT2D eigenvalue weighted by molar-refractivity contribution is 6.08. The van der Waals surface area contributed by atoms with Crippen LogP contribution in [0.3, 0.4) is 0 Å². The number of oxazole rings is 1. The number of H-pyrrole nitrogens is 1. The summed E-state index contributed by atoms with van der Waals surface area (Å²) in [7, 11) is 0. The van der Waals surface area contributed by atoms with Crippen LogP contribution in [0.15, 0.2) is 51.7 Å². The van der Waals surface area contributed by atoms with Crippen LogP contribution >= 0.6 is 0 Å². The molecule has 1 aromatic heterocycles. The molecule has 2 heterocycles. The van der Waals surface area contributed by atoms with Gasteiger partial charge in [-0.3, -0.25) is 9.78 Å². The van der Waals surface area contributed by atoms with E-state index in [0.717, 1.165) is 18.5 Å². The smallest absolute Gasteiger partial charge is 0.408 e. The molecule has 0 radical (unpaired) electrons. The van der Waals surface area contributed by atoms with Gasteiger partial charge in [-0.2, -0.15) is 0 Å². The minimum atomic E-state index is -0.511. The van der Waals surface area contributed by atoms with Gasteiger partial charge in [0.25, 0.3) is 5.91 Å². The summed E-state index contributed by atoms with van der Waals surface area (Å²) in [4.78, 5) is 28.4. The third kappa shape index (κ3) is 2.02. The minimum absolute atomic E-state index is 0.0714. The number of para-hydroxylation sites is 1. The van der Waals surface area contributed by atoms with Crippen LogP contribution in [-0.4, -0.2) is 17.4 Å². The summed E-state index contributed by atoms with van der Waals surface area (Å²) in [5.74, 6) is -0.583. The second-order valence-electron chi connectivity index (χ2n) is 5.41. The van der Waals surface area contributed by atoms with E-state index in [0.29, 0.717) is 23.2 Å². The van der Waals surface area contributed by atoms with Gasteiger partial charge < -0.3 is 9.32 Å². The number of aromatic amines is 1. The zero-order valence-electron chi connectivity index (χ0n) is 11.8. The van der Waals surface area contributed by atoms with Crippen molar-refractivity contribution in [2.24, 2.45) is 0 Å². The Bertz CT molecular complexity index is 923. The Kier molecular flexibility index (Phi) is 2.85. The summed E-state index contributed by atoms with van der Waals surface area (Å²) in [6, 6.07) is 13.0. The number of carbonyl (C=O) groups excluding carboxylic acids is 1. The number of nitrogens with zero attached hydrogens (tertiary/aromatic N) is 1. The van der Waals surface area contributed by atoms with E-state index < -0.39 is 5.76 Å². The monoisotopic (exact) mass is 294 g/mol. The zero-order chi connectivity index (χ0) is 15.1. The fraction of sp³-hybridized carbons (Fsp3) is 0.176. The average molecular weight is 294 g/mol. The molecular formula is C17H14N2O3. The lowest BCUT2D eigenvalue weighted by molar-refractivity contribution is 0.0985. The molecule has 0 saturated heterocycles. The second kappa shape index (κ2) is 4.87. The van der Waals surface area contributed by atoms with Crippen LogP contribution in [0, 0.1) is 0 Å². The lowest BCUT2D eigenvalue weighted by Gasteiger charge is -2.29. The van der Waals surface area contributed by atoms with Gasteiger partial charge in [-0.05, 0) is 42.7 Å². The molecule has 3 aromatic rings. The van der Waals surface area contributed by atoms with E-state index in [1.54, 1.807) is 23.1 Å². The van der Waals surface area contributed by atoms with Gasteiger partial charge in [-0.15, -0.1) is 0 Å². The highest BCUT2D eigenvalue weighted by atomic mass is 16.4. The molecule has 5 heteroatoms. The van der Waals surface area contributed by atoms with E-state index in [-0.39, 0.29) is 5.91 Å². The van der Waals surface area contributed by atoms with E-state index in [4.69, 9.17) is 4.42 Å². The van der Waals surface area contributed by atoms with Gasteiger partial charge in [0.15, 0.2) is 5.58 Å². The first-order valence-electron chi connectivity index (χ1n) is 7.25. The normalized spacial score (nSPS) is 14.1.